The Morgan fingerprint density at radius 1 is 1.21 bits per heavy atom. The van der Waals surface area contributed by atoms with Gasteiger partial charge >= 0.3 is 0 Å². The summed E-state index contributed by atoms with van der Waals surface area (Å²) in [6.07, 6.45) is 3.87. The van der Waals surface area contributed by atoms with E-state index >= 15 is 0 Å². The van der Waals surface area contributed by atoms with Crippen LogP contribution < -0.4 is 0 Å². The fourth-order valence-electron chi connectivity index (χ4n) is 1.36. The molecule has 0 saturated carbocycles. The van der Waals surface area contributed by atoms with E-state index in [1.165, 1.54) is 6.26 Å². The van der Waals surface area contributed by atoms with Crippen LogP contribution >= 0.6 is 0 Å². The fraction of sp³-hybridized carbons (Fsp3) is 0. The van der Waals surface area contributed by atoms with Gasteiger partial charge in [-0.25, -0.2) is 4.98 Å². The molecule has 0 saturated heterocycles. The monoisotopic (exact) mass is 185 g/mol. The van der Waals surface area contributed by atoms with E-state index in [0.717, 1.165) is 11.0 Å². The van der Waals surface area contributed by atoms with E-state index in [-0.39, 0.29) is 0 Å². The Morgan fingerprint density at radius 2 is 2.14 bits per heavy atom. The zero-order chi connectivity index (χ0) is 9.38. The summed E-state index contributed by atoms with van der Waals surface area (Å²) in [5.74, 6) is 0. The van der Waals surface area contributed by atoms with Crippen LogP contribution in [-0.2, 0) is 0 Å². The Morgan fingerprint density at radius 3 is 3.00 bits per heavy atom. The van der Waals surface area contributed by atoms with Crippen molar-refractivity contribution in [2.24, 2.45) is 0 Å². The van der Waals surface area contributed by atoms with Crippen LogP contribution in [0.2, 0.25) is 0 Å². The van der Waals surface area contributed by atoms with E-state index in [4.69, 9.17) is 8.94 Å². The van der Waals surface area contributed by atoms with Gasteiger partial charge in [0, 0.05) is 0 Å². The number of nitrogens with zero attached hydrogens (tertiary/aromatic N) is 2. The molecule has 0 bridgehead atoms. The quantitative estimate of drug-likeness (QED) is 0.583. The van der Waals surface area contributed by atoms with Gasteiger partial charge in [-0.1, -0.05) is 17.3 Å². The van der Waals surface area contributed by atoms with Crippen LogP contribution in [-0.4, -0.2) is 10.1 Å². The van der Waals surface area contributed by atoms with E-state index in [1.54, 1.807) is 0 Å². The maximum Gasteiger partial charge on any atom is 0.284 e. The predicted molar refractivity (Wildman–Crippen MR) is 48.3 cm³/mol. The lowest BCUT2D eigenvalue weighted by molar-refractivity contribution is 0.459. The van der Waals surface area contributed by atoms with E-state index in [1.807, 2.05) is 24.3 Å². The van der Waals surface area contributed by atoms with Crippen LogP contribution in [0.1, 0.15) is 0 Å². The second-order valence-electron chi connectivity index (χ2n) is 2.85. The van der Waals surface area contributed by atoms with E-state index in [2.05, 4.69) is 16.5 Å². The lowest BCUT2D eigenvalue weighted by Gasteiger charge is -1.86. The highest BCUT2D eigenvalue weighted by molar-refractivity contribution is 5.89. The third-order valence-corrected chi connectivity index (χ3v) is 2.01. The standard InChI is InChI=1S/C10H5N2O2/c1-2-4-9-7(3-1)10(12-14-9)8-5-13-6-11-8/h1-5H. The molecule has 0 amide bonds. The summed E-state index contributed by atoms with van der Waals surface area (Å²) >= 11 is 0. The summed E-state index contributed by atoms with van der Waals surface area (Å²) in [5, 5.41) is 4.85. The van der Waals surface area contributed by atoms with Gasteiger partial charge in [0.2, 0.25) is 0 Å². The summed E-state index contributed by atoms with van der Waals surface area (Å²) in [6, 6.07) is 7.60. The van der Waals surface area contributed by atoms with Gasteiger partial charge in [-0.15, -0.1) is 0 Å². The number of hydrogen-bond donors (Lipinski definition) is 0. The first-order valence-corrected chi connectivity index (χ1v) is 4.11. The van der Waals surface area contributed by atoms with Gasteiger partial charge in [0.15, 0.2) is 5.58 Å². The molecule has 0 aliphatic heterocycles. The molecule has 0 unspecified atom stereocenters. The molecular formula is C10H5N2O2. The first-order valence-electron chi connectivity index (χ1n) is 4.11. The van der Waals surface area contributed by atoms with E-state index < -0.39 is 0 Å². The summed E-state index contributed by atoms with van der Waals surface area (Å²) in [4.78, 5) is 3.89. The maximum absolute atomic E-state index is 5.13. The summed E-state index contributed by atoms with van der Waals surface area (Å²) in [7, 11) is 0. The van der Waals surface area contributed by atoms with Crippen molar-refractivity contribution >= 4 is 11.0 Å². The highest BCUT2D eigenvalue weighted by Gasteiger charge is 2.11. The van der Waals surface area contributed by atoms with E-state index in [9.17, 15) is 0 Å². The SMILES string of the molecule is [c]1nc(-c2noc3ccccc23)co1. The molecule has 0 N–H and O–H groups in total. The normalized spacial score (nSPS) is 10.9. The highest BCUT2D eigenvalue weighted by Crippen LogP contribution is 2.25. The van der Waals surface area contributed by atoms with Crippen LogP contribution in [0.5, 0.6) is 0 Å². The Balaban J connectivity index is 2.33. The van der Waals surface area contributed by atoms with Crippen molar-refractivity contribution in [3.8, 4) is 11.4 Å². The molecule has 14 heavy (non-hydrogen) atoms. The third kappa shape index (κ3) is 0.939. The number of fused-ring (bicyclic) bond motifs is 1. The van der Waals surface area contributed by atoms with Gasteiger partial charge < -0.3 is 8.94 Å². The molecule has 0 aliphatic carbocycles. The van der Waals surface area contributed by atoms with Gasteiger partial charge in [-0.2, -0.15) is 0 Å². The molecule has 4 nitrogen and oxygen atoms in total. The zero-order valence-corrected chi connectivity index (χ0v) is 7.10. The molecule has 3 aromatic rings. The van der Waals surface area contributed by atoms with Crippen molar-refractivity contribution in [3.63, 3.8) is 0 Å². The topological polar surface area (TPSA) is 52.1 Å². The van der Waals surface area contributed by atoms with Crippen molar-refractivity contribution in [1.82, 2.24) is 10.1 Å². The zero-order valence-electron chi connectivity index (χ0n) is 7.10. The first kappa shape index (κ1) is 7.32. The smallest absolute Gasteiger partial charge is 0.284 e. The average molecular weight is 185 g/mol. The Kier molecular flexibility index (Phi) is 1.41. The van der Waals surface area contributed by atoms with Gasteiger partial charge in [0.05, 0.1) is 5.39 Å². The predicted octanol–water partition coefficient (Wildman–Crippen LogP) is 2.28. The molecule has 0 fully saturated rings. The van der Waals surface area contributed by atoms with Crippen LogP contribution in [0.25, 0.3) is 22.4 Å². The second kappa shape index (κ2) is 2.70. The number of aromatic nitrogens is 2. The fourth-order valence-corrected chi connectivity index (χ4v) is 1.36. The molecular weight excluding hydrogens is 180 g/mol. The molecule has 3 rings (SSSR count). The minimum absolute atomic E-state index is 0.634. The van der Waals surface area contributed by atoms with Crippen molar-refractivity contribution in [2.75, 3.05) is 0 Å². The van der Waals surface area contributed by atoms with Crippen LogP contribution in [0.15, 0.2) is 39.5 Å². The van der Waals surface area contributed by atoms with E-state index in [0.29, 0.717) is 11.4 Å². The summed E-state index contributed by atoms with van der Waals surface area (Å²) in [6.45, 7) is 0. The molecule has 1 aromatic carbocycles. The first-order chi connectivity index (χ1) is 6.95. The molecule has 0 aliphatic rings. The number of rotatable bonds is 1. The van der Waals surface area contributed by atoms with Crippen molar-refractivity contribution in [1.29, 1.82) is 0 Å². The number of hydrogen-bond acceptors (Lipinski definition) is 4. The molecule has 2 aromatic heterocycles. The number of oxazole rings is 1. The maximum atomic E-state index is 5.13. The molecule has 1 radical (unpaired) electrons. The molecule has 67 valence electrons. The molecule has 4 heteroatoms. The minimum Gasteiger partial charge on any atom is -0.440 e. The Labute approximate surface area is 79.1 Å². The van der Waals surface area contributed by atoms with Gasteiger partial charge in [0.25, 0.3) is 6.39 Å². The summed E-state index contributed by atoms with van der Waals surface area (Å²) in [5.41, 5.74) is 2.06. The minimum atomic E-state index is 0.634. The van der Waals surface area contributed by atoms with Crippen LogP contribution in [0.4, 0.5) is 0 Å². The molecule has 0 atom stereocenters. The largest absolute Gasteiger partial charge is 0.440 e. The third-order valence-electron chi connectivity index (χ3n) is 2.01. The second-order valence-corrected chi connectivity index (χ2v) is 2.85. The van der Waals surface area contributed by atoms with Crippen molar-refractivity contribution in [3.05, 3.63) is 36.9 Å². The number of benzene rings is 1. The lowest BCUT2D eigenvalue weighted by Crippen LogP contribution is -1.76. The van der Waals surface area contributed by atoms with Gasteiger partial charge in [0.1, 0.15) is 17.7 Å². The van der Waals surface area contributed by atoms with Gasteiger partial charge in [-0.3, -0.25) is 0 Å². The lowest BCUT2D eigenvalue weighted by atomic mass is 10.2. The number of para-hydroxylation sites is 1. The summed E-state index contributed by atoms with van der Waals surface area (Å²) < 4.78 is 9.90. The Bertz CT molecular complexity index is 554. The highest BCUT2D eigenvalue weighted by atomic mass is 16.5. The molecule has 0 spiro atoms. The Hall–Kier alpha value is -2.10. The van der Waals surface area contributed by atoms with Crippen LogP contribution in [0, 0.1) is 6.39 Å². The van der Waals surface area contributed by atoms with Gasteiger partial charge in [-0.05, 0) is 12.1 Å². The average Bonchev–Trinajstić information content (AvgIpc) is 2.85. The van der Waals surface area contributed by atoms with Crippen LogP contribution in [0.3, 0.4) is 0 Å². The van der Waals surface area contributed by atoms with Crippen molar-refractivity contribution in [2.45, 2.75) is 0 Å². The van der Waals surface area contributed by atoms with Crippen molar-refractivity contribution < 1.29 is 8.94 Å². The molecule has 2 heterocycles.